The molecule has 2 amide bonds. The second-order valence-corrected chi connectivity index (χ2v) is 9.19. The lowest BCUT2D eigenvalue weighted by Crippen LogP contribution is -2.27. The van der Waals surface area contributed by atoms with Crippen LogP contribution in [0.5, 0.6) is 0 Å². The van der Waals surface area contributed by atoms with E-state index in [1.807, 2.05) is 58.0 Å². The molecule has 0 aliphatic rings. The van der Waals surface area contributed by atoms with Gasteiger partial charge in [0.1, 0.15) is 11.4 Å². The van der Waals surface area contributed by atoms with E-state index >= 15 is 0 Å². The number of amides is 2. The summed E-state index contributed by atoms with van der Waals surface area (Å²) in [5, 5.41) is 10.9. The van der Waals surface area contributed by atoms with Gasteiger partial charge in [0.25, 0.3) is 5.91 Å². The van der Waals surface area contributed by atoms with Crippen molar-refractivity contribution in [2.75, 3.05) is 5.32 Å². The van der Waals surface area contributed by atoms with Gasteiger partial charge >= 0.3 is 0 Å². The van der Waals surface area contributed by atoms with Gasteiger partial charge in [0, 0.05) is 12.0 Å². The Morgan fingerprint density at radius 2 is 1.94 bits per heavy atom. The lowest BCUT2D eigenvalue weighted by atomic mass is 9.96. The minimum atomic E-state index is -0.519. The van der Waals surface area contributed by atoms with Gasteiger partial charge in [-0.1, -0.05) is 68.5 Å². The van der Waals surface area contributed by atoms with E-state index in [0.29, 0.717) is 29.6 Å². The maximum absolute atomic E-state index is 12.8. The third kappa shape index (κ3) is 5.46. The molecule has 1 aromatic carbocycles. The summed E-state index contributed by atoms with van der Waals surface area (Å²) >= 11 is 1.34. The molecule has 3 aromatic rings. The number of thiazole rings is 1. The molecule has 8 heteroatoms. The van der Waals surface area contributed by atoms with E-state index in [0.717, 1.165) is 16.1 Å². The zero-order chi connectivity index (χ0) is 22.6. The lowest BCUT2D eigenvalue weighted by Gasteiger charge is -2.15. The molecule has 2 aromatic heterocycles. The number of aromatic nitrogens is 3. The van der Waals surface area contributed by atoms with Crippen LogP contribution in [0, 0.1) is 12.3 Å². The van der Waals surface area contributed by atoms with Gasteiger partial charge in [0.2, 0.25) is 5.91 Å². The van der Waals surface area contributed by atoms with Crippen molar-refractivity contribution >= 4 is 28.3 Å². The van der Waals surface area contributed by atoms with Crippen molar-refractivity contribution in [1.29, 1.82) is 0 Å². The Balaban J connectivity index is 1.83. The van der Waals surface area contributed by atoms with Gasteiger partial charge in [0.15, 0.2) is 5.13 Å². The van der Waals surface area contributed by atoms with Gasteiger partial charge < -0.3 is 10.6 Å². The Morgan fingerprint density at radius 1 is 1.23 bits per heavy atom. The van der Waals surface area contributed by atoms with E-state index in [4.69, 9.17) is 0 Å². The first-order valence-corrected chi connectivity index (χ1v) is 10.8. The van der Waals surface area contributed by atoms with Crippen molar-refractivity contribution in [1.82, 2.24) is 20.1 Å². The number of carbonyl (C=O) groups is 2. The number of anilines is 1. The summed E-state index contributed by atoms with van der Waals surface area (Å²) in [4.78, 5) is 30.4. The molecule has 0 fully saturated rings. The van der Waals surface area contributed by atoms with E-state index in [1.54, 1.807) is 16.8 Å². The Morgan fingerprint density at radius 3 is 2.58 bits per heavy atom. The fourth-order valence-electron chi connectivity index (χ4n) is 2.81. The van der Waals surface area contributed by atoms with Crippen LogP contribution in [-0.2, 0) is 17.9 Å². The van der Waals surface area contributed by atoms with Crippen LogP contribution >= 0.6 is 11.3 Å². The van der Waals surface area contributed by atoms with Gasteiger partial charge in [-0.2, -0.15) is 5.10 Å². The zero-order valence-electron chi connectivity index (χ0n) is 18.2. The molecule has 0 saturated heterocycles. The molecule has 0 spiro atoms. The fraction of sp³-hybridized carbons (Fsp3) is 0.304. The second-order valence-electron chi connectivity index (χ2n) is 8.19. The molecule has 162 valence electrons. The standard InChI is InChI=1S/C23H27N5O2S/c1-6-12-28-18(20(29)24-14-16-10-8-7-9-11-16)13-17(27-28)19-15(2)25-22(31-19)26-21(30)23(3,4)5/h6-11,13H,1,12,14H2,2-5H3,(H,24,29)(H,25,26,30). The predicted molar refractivity (Wildman–Crippen MR) is 124 cm³/mol. The molecule has 0 radical (unpaired) electrons. The second kappa shape index (κ2) is 9.26. The summed E-state index contributed by atoms with van der Waals surface area (Å²) in [6.45, 7) is 12.0. The van der Waals surface area contributed by atoms with Crippen LogP contribution in [-0.4, -0.2) is 26.6 Å². The smallest absolute Gasteiger partial charge is 0.269 e. The predicted octanol–water partition coefficient (Wildman–Crippen LogP) is 4.42. The maximum Gasteiger partial charge on any atom is 0.269 e. The molecule has 2 heterocycles. The van der Waals surface area contributed by atoms with Gasteiger partial charge in [-0.15, -0.1) is 6.58 Å². The molecular weight excluding hydrogens is 410 g/mol. The molecular formula is C23H27N5O2S. The molecule has 0 unspecified atom stereocenters. The highest BCUT2D eigenvalue weighted by atomic mass is 32.1. The summed E-state index contributed by atoms with van der Waals surface area (Å²) in [7, 11) is 0. The highest BCUT2D eigenvalue weighted by molar-refractivity contribution is 7.19. The van der Waals surface area contributed by atoms with Gasteiger partial charge in [0.05, 0.1) is 17.1 Å². The Kier molecular flexibility index (Phi) is 6.70. The number of aryl methyl sites for hydroxylation is 1. The Hall–Kier alpha value is -3.26. The largest absolute Gasteiger partial charge is 0.347 e. The van der Waals surface area contributed by atoms with Crippen molar-refractivity contribution in [3.05, 3.63) is 66.0 Å². The first-order chi connectivity index (χ1) is 14.7. The van der Waals surface area contributed by atoms with Crippen LogP contribution in [0.2, 0.25) is 0 Å². The third-order valence-electron chi connectivity index (χ3n) is 4.54. The normalized spacial score (nSPS) is 11.2. The summed E-state index contributed by atoms with van der Waals surface area (Å²) in [6.07, 6.45) is 1.69. The molecule has 0 saturated carbocycles. The Labute approximate surface area is 186 Å². The average Bonchev–Trinajstić information content (AvgIpc) is 3.29. The number of nitrogens with one attached hydrogen (secondary N) is 2. The zero-order valence-corrected chi connectivity index (χ0v) is 19.0. The first kappa shape index (κ1) is 22.4. The summed E-state index contributed by atoms with van der Waals surface area (Å²) < 4.78 is 1.62. The highest BCUT2D eigenvalue weighted by Gasteiger charge is 2.24. The van der Waals surface area contributed by atoms with Crippen LogP contribution in [0.15, 0.2) is 49.1 Å². The van der Waals surface area contributed by atoms with Crippen LogP contribution in [0.25, 0.3) is 10.6 Å². The minimum Gasteiger partial charge on any atom is -0.347 e. The van der Waals surface area contributed by atoms with Gasteiger partial charge in [-0.25, -0.2) is 4.98 Å². The van der Waals surface area contributed by atoms with Crippen molar-refractivity contribution in [2.45, 2.75) is 40.8 Å². The van der Waals surface area contributed by atoms with E-state index in [9.17, 15) is 9.59 Å². The Bertz CT molecular complexity index is 1090. The maximum atomic E-state index is 12.8. The molecule has 7 nitrogen and oxygen atoms in total. The summed E-state index contributed by atoms with van der Waals surface area (Å²) in [5.74, 6) is -0.321. The number of hydrogen-bond donors (Lipinski definition) is 2. The van der Waals surface area contributed by atoms with Crippen molar-refractivity contribution in [3.8, 4) is 10.6 Å². The average molecular weight is 438 g/mol. The summed E-state index contributed by atoms with van der Waals surface area (Å²) in [5.41, 5.74) is 2.32. The number of carbonyl (C=O) groups excluding carboxylic acids is 2. The van der Waals surface area contributed by atoms with Crippen LogP contribution in [0.4, 0.5) is 5.13 Å². The molecule has 0 aliphatic heterocycles. The van der Waals surface area contributed by atoms with E-state index in [1.165, 1.54) is 11.3 Å². The van der Waals surface area contributed by atoms with E-state index in [2.05, 4.69) is 27.3 Å². The molecule has 0 bridgehead atoms. The lowest BCUT2D eigenvalue weighted by molar-refractivity contribution is -0.123. The quantitative estimate of drug-likeness (QED) is 0.536. The third-order valence-corrected chi connectivity index (χ3v) is 5.64. The van der Waals surface area contributed by atoms with Crippen LogP contribution in [0.3, 0.4) is 0 Å². The number of hydrogen-bond acceptors (Lipinski definition) is 5. The molecule has 31 heavy (non-hydrogen) atoms. The first-order valence-electron chi connectivity index (χ1n) is 9.99. The number of rotatable bonds is 7. The van der Waals surface area contributed by atoms with E-state index in [-0.39, 0.29) is 11.8 Å². The molecule has 0 atom stereocenters. The van der Waals surface area contributed by atoms with Crippen molar-refractivity contribution < 1.29 is 9.59 Å². The van der Waals surface area contributed by atoms with Gasteiger partial charge in [-0.05, 0) is 18.6 Å². The van der Waals surface area contributed by atoms with Crippen LogP contribution in [0.1, 0.15) is 42.5 Å². The van der Waals surface area contributed by atoms with Crippen LogP contribution < -0.4 is 10.6 Å². The monoisotopic (exact) mass is 437 g/mol. The fourth-order valence-corrected chi connectivity index (χ4v) is 3.73. The number of benzene rings is 1. The number of allylic oxidation sites excluding steroid dienone is 1. The topological polar surface area (TPSA) is 88.9 Å². The molecule has 3 rings (SSSR count). The SMILES string of the molecule is C=CCn1nc(-c2sc(NC(=O)C(C)(C)C)nc2C)cc1C(=O)NCc1ccccc1. The van der Waals surface area contributed by atoms with Crippen molar-refractivity contribution in [3.63, 3.8) is 0 Å². The van der Waals surface area contributed by atoms with Crippen molar-refractivity contribution in [2.24, 2.45) is 5.41 Å². The highest BCUT2D eigenvalue weighted by Crippen LogP contribution is 2.33. The van der Waals surface area contributed by atoms with Gasteiger partial charge in [-0.3, -0.25) is 14.3 Å². The minimum absolute atomic E-state index is 0.106. The van der Waals surface area contributed by atoms with E-state index < -0.39 is 5.41 Å². The number of nitrogens with zero attached hydrogens (tertiary/aromatic N) is 3. The summed E-state index contributed by atoms with van der Waals surface area (Å²) in [6, 6.07) is 11.5. The molecule has 2 N–H and O–H groups in total. The molecule has 0 aliphatic carbocycles.